The highest BCUT2D eigenvalue weighted by Gasteiger charge is 2.33. The van der Waals surface area contributed by atoms with Gasteiger partial charge in [-0.15, -0.1) is 0 Å². The molecule has 7 heteroatoms. The number of carbonyl (C=O) groups excluding carboxylic acids is 1. The van der Waals surface area contributed by atoms with Crippen LogP contribution in [0.3, 0.4) is 0 Å². The van der Waals surface area contributed by atoms with Gasteiger partial charge in [-0.05, 0) is 44.0 Å². The van der Waals surface area contributed by atoms with E-state index in [1.165, 1.54) is 4.31 Å². The molecule has 2 rings (SSSR count). The zero-order valence-corrected chi connectivity index (χ0v) is 14.1. The molecular weight excluding hydrogens is 302 g/mol. The van der Waals surface area contributed by atoms with Crippen LogP contribution < -0.4 is 10.6 Å². The molecule has 0 aliphatic carbocycles. The minimum Gasteiger partial charge on any atom is -0.365 e. The first-order valence-corrected chi connectivity index (χ1v) is 8.89. The summed E-state index contributed by atoms with van der Waals surface area (Å²) in [4.78, 5) is 12.6. The molecule has 22 heavy (non-hydrogen) atoms. The quantitative estimate of drug-likeness (QED) is 0.749. The van der Waals surface area contributed by atoms with Gasteiger partial charge in [-0.3, -0.25) is 4.79 Å². The number of nitrogens with zero attached hydrogens (tertiary/aromatic N) is 1. The minimum absolute atomic E-state index is 0.286. The summed E-state index contributed by atoms with van der Waals surface area (Å²) in [5.41, 5.74) is 7.36. The summed E-state index contributed by atoms with van der Waals surface area (Å²) < 4.78 is 26.9. The van der Waals surface area contributed by atoms with E-state index in [1.807, 2.05) is 19.9 Å². The molecule has 1 heterocycles. The number of primary amides is 1. The first kappa shape index (κ1) is 16.9. The Bertz CT molecular complexity index is 665. The summed E-state index contributed by atoms with van der Waals surface area (Å²) in [7, 11) is -3.47. The maximum Gasteiger partial charge on any atom is 0.275 e. The van der Waals surface area contributed by atoms with Gasteiger partial charge in [0.15, 0.2) is 6.04 Å². The van der Waals surface area contributed by atoms with Crippen LogP contribution in [0.15, 0.2) is 23.1 Å². The van der Waals surface area contributed by atoms with Crippen molar-refractivity contribution in [3.63, 3.8) is 0 Å². The van der Waals surface area contributed by atoms with Crippen molar-refractivity contribution in [3.8, 4) is 0 Å². The number of hydrogen-bond acceptors (Lipinski definition) is 3. The second-order valence-corrected chi connectivity index (χ2v) is 7.87. The molecule has 0 aromatic heterocycles. The molecule has 0 spiro atoms. The normalized spacial score (nSPS) is 19.0. The Morgan fingerprint density at radius 3 is 2.32 bits per heavy atom. The van der Waals surface area contributed by atoms with Gasteiger partial charge in [0.1, 0.15) is 0 Å². The Kier molecular flexibility index (Phi) is 4.89. The van der Waals surface area contributed by atoms with Gasteiger partial charge in [-0.2, -0.15) is 4.31 Å². The highest BCUT2D eigenvalue weighted by molar-refractivity contribution is 7.89. The average molecular weight is 326 g/mol. The number of hydrogen-bond donors (Lipinski definition) is 2. The molecule has 0 bridgehead atoms. The van der Waals surface area contributed by atoms with Crippen molar-refractivity contribution in [3.05, 3.63) is 29.3 Å². The molecule has 1 aromatic carbocycles. The number of quaternary nitrogens is 1. The largest absolute Gasteiger partial charge is 0.365 e. The number of sulfonamides is 1. The predicted octanol–water partition coefficient (Wildman–Crippen LogP) is -0.934. The summed E-state index contributed by atoms with van der Waals surface area (Å²) >= 11 is 0. The van der Waals surface area contributed by atoms with Gasteiger partial charge in [-0.25, -0.2) is 8.42 Å². The topological polar surface area (TPSA) is 84.9 Å². The summed E-state index contributed by atoms with van der Waals surface area (Å²) in [6, 6.07) is 4.92. The van der Waals surface area contributed by atoms with Crippen molar-refractivity contribution < 1.29 is 18.1 Å². The van der Waals surface area contributed by atoms with Crippen LogP contribution >= 0.6 is 0 Å². The minimum atomic E-state index is -3.47. The maximum absolute atomic E-state index is 12.7. The third-order valence-electron chi connectivity index (χ3n) is 4.52. The van der Waals surface area contributed by atoms with Crippen LogP contribution in [0.4, 0.5) is 0 Å². The zero-order valence-electron chi connectivity index (χ0n) is 13.3. The predicted molar refractivity (Wildman–Crippen MR) is 84.0 cm³/mol. The Morgan fingerprint density at radius 2 is 1.82 bits per heavy atom. The highest BCUT2D eigenvalue weighted by atomic mass is 32.2. The van der Waals surface area contributed by atoms with Crippen molar-refractivity contribution in [1.29, 1.82) is 0 Å². The van der Waals surface area contributed by atoms with Crippen molar-refractivity contribution in [2.24, 2.45) is 5.73 Å². The van der Waals surface area contributed by atoms with Gasteiger partial charge in [0.2, 0.25) is 10.0 Å². The standard InChI is InChI=1S/C15H23N3O3S/c1-11-4-5-14(10-12(11)2)22(20,21)18-8-6-17(7-9-18)13(3)15(16)19/h4-5,10,13H,6-9H2,1-3H3,(H2,16,19)/p+1/t13-/m1/s1. The van der Waals surface area contributed by atoms with Crippen molar-refractivity contribution in [2.45, 2.75) is 31.7 Å². The number of carbonyl (C=O) groups is 1. The second-order valence-electron chi connectivity index (χ2n) is 5.93. The van der Waals surface area contributed by atoms with Crippen LogP contribution in [-0.2, 0) is 14.8 Å². The van der Waals surface area contributed by atoms with Crippen LogP contribution in [0.25, 0.3) is 0 Å². The fraction of sp³-hybridized carbons (Fsp3) is 0.533. The molecule has 1 saturated heterocycles. The fourth-order valence-electron chi connectivity index (χ4n) is 2.67. The Hall–Kier alpha value is -1.44. The van der Waals surface area contributed by atoms with Gasteiger partial charge in [0.05, 0.1) is 31.1 Å². The Morgan fingerprint density at radius 1 is 1.23 bits per heavy atom. The number of amides is 1. The van der Waals surface area contributed by atoms with Crippen LogP contribution in [0.5, 0.6) is 0 Å². The number of benzene rings is 1. The molecule has 3 N–H and O–H groups in total. The van der Waals surface area contributed by atoms with Crippen LogP contribution in [0, 0.1) is 13.8 Å². The van der Waals surface area contributed by atoms with E-state index in [-0.39, 0.29) is 11.9 Å². The van der Waals surface area contributed by atoms with Gasteiger partial charge in [0, 0.05) is 0 Å². The van der Waals surface area contributed by atoms with Crippen LogP contribution in [-0.4, -0.2) is 50.9 Å². The lowest BCUT2D eigenvalue weighted by Crippen LogP contribution is -3.19. The van der Waals surface area contributed by atoms with E-state index >= 15 is 0 Å². The summed E-state index contributed by atoms with van der Waals surface area (Å²) in [6.07, 6.45) is 0. The second kappa shape index (κ2) is 6.36. The SMILES string of the molecule is Cc1ccc(S(=O)(=O)N2CC[NH+]([C@H](C)C(N)=O)CC2)cc1C. The van der Waals surface area contributed by atoms with E-state index in [1.54, 1.807) is 19.1 Å². The van der Waals surface area contributed by atoms with Gasteiger partial charge >= 0.3 is 0 Å². The van der Waals surface area contributed by atoms with E-state index < -0.39 is 10.0 Å². The molecule has 1 atom stereocenters. The lowest BCUT2D eigenvalue weighted by atomic mass is 10.1. The van der Waals surface area contributed by atoms with Crippen molar-refractivity contribution in [2.75, 3.05) is 26.2 Å². The van der Waals surface area contributed by atoms with E-state index in [4.69, 9.17) is 5.73 Å². The molecule has 0 radical (unpaired) electrons. The molecule has 1 aromatic rings. The Labute approximate surface area is 131 Å². The monoisotopic (exact) mass is 326 g/mol. The van der Waals surface area contributed by atoms with E-state index in [2.05, 4.69) is 0 Å². The summed E-state index contributed by atoms with van der Waals surface area (Å²) in [5.74, 6) is -0.347. The van der Waals surface area contributed by atoms with Crippen molar-refractivity contribution >= 4 is 15.9 Å². The van der Waals surface area contributed by atoms with Gasteiger partial charge in [-0.1, -0.05) is 6.07 Å². The van der Waals surface area contributed by atoms with Crippen LogP contribution in [0.2, 0.25) is 0 Å². The summed E-state index contributed by atoms with van der Waals surface area (Å²) in [5, 5.41) is 0. The molecular formula is C15H24N3O3S+. The molecule has 0 unspecified atom stereocenters. The third-order valence-corrected chi connectivity index (χ3v) is 6.41. The molecule has 1 amide bonds. The zero-order chi connectivity index (χ0) is 16.5. The lowest BCUT2D eigenvalue weighted by Gasteiger charge is -2.33. The first-order valence-electron chi connectivity index (χ1n) is 7.45. The highest BCUT2D eigenvalue weighted by Crippen LogP contribution is 2.19. The average Bonchev–Trinajstić information content (AvgIpc) is 2.49. The van der Waals surface area contributed by atoms with E-state index in [9.17, 15) is 13.2 Å². The maximum atomic E-state index is 12.7. The molecule has 1 aliphatic rings. The molecule has 122 valence electrons. The van der Waals surface area contributed by atoms with Gasteiger partial charge < -0.3 is 10.6 Å². The first-order chi connectivity index (χ1) is 10.2. The third kappa shape index (κ3) is 3.31. The number of rotatable bonds is 4. The number of nitrogens with one attached hydrogen (secondary N) is 1. The molecule has 1 fully saturated rings. The number of nitrogens with two attached hydrogens (primary N) is 1. The number of piperazine rings is 1. The van der Waals surface area contributed by atoms with Crippen molar-refractivity contribution in [1.82, 2.24) is 4.31 Å². The molecule has 1 aliphatic heterocycles. The summed E-state index contributed by atoms with van der Waals surface area (Å²) in [6.45, 7) is 7.64. The Balaban J connectivity index is 2.12. The fourth-order valence-corrected chi connectivity index (χ4v) is 4.20. The van der Waals surface area contributed by atoms with Crippen LogP contribution in [0.1, 0.15) is 18.1 Å². The molecule has 6 nitrogen and oxygen atoms in total. The van der Waals surface area contributed by atoms with E-state index in [0.29, 0.717) is 31.1 Å². The van der Waals surface area contributed by atoms with Gasteiger partial charge in [0.25, 0.3) is 5.91 Å². The molecule has 0 saturated carbocycles. The van der Waals surface area contributed by atoms with E-state index in [0.717, 1.165) is 16.0 Å². The smallest absolute Gasteiger partial charge is 0.275 e. The number of aryl methyl sites for hydroxylation is 2. The lowest BCUT2D eigenvalue weighted by molar-refractivity contribution is -0.917.